The van der Waals surface area contributed by atoms with Crippen LogP contribution in [-0.2, 0) is 26.1 Å². The molecule has 0 amide bonds. The van der Waals surface area contributed by atoms with Crippen molar-refractivity contribution in [2.45, 2.75) is 59.3 Å². The first-order chi connectivity index (χ1) is 18.7. The lowest BCUT2D eigenvalue weighted by Crippen LogP contribution is -2.14. The number of rotatable bonds is 19. The van der Waals surface area contributed by atoms with E-state index in [2.05, 4.69) is 6.92 Å². The van der Waals surface area contributed by atoms with Gasteiger partial charge in [-0.25, -0.2) is 4.79 Å². The zero-order valence-electron chi connectivity index (χ0n) is 22.9. The molecule has 0 radical (unpaired) electrons. The molecule has 39 heavy (non-hydrogen) atoms. The Labute approximate surface area is 237 Å². The van der Waals surface area contributed by atoms with Crippen molar-refractivity contribution in [3.63, 3.8) is 0 Å². The number of aliphatic carboxylic acids is 1. The second kappa shape index (κ2) is 17.0. The van der Waals surface area contributed by atoms with Gasteiger partial charge in [0.2, 0.25) is 0 Å². The van der Waals surface area contributed by atoms with Crippen molar-refractivity contribution < 1.29 is 36.7 Å². The number of carboxylic acid groups (broad SMARTS) is 1. The molecule has 2 aromatic carbocycles. The van der Waals surface area contributed by atoms with Crippen LogP contribution in [0.25, 0.3) is 6.08 Å². The van der Waals surface area contributed by atoms with Crippen LogP contribution in [0.4, 0.5) is 0 Å². The molecule has 8 nitrogen and oxygen atoms in total. The maximum Gasteiger partial charge on any atom is 0.331 e. The zero-order valence-corrected chi connectivity index (χ0v) is 24.5. The fraction of sp³-hybridized carbons (Fsp3) is 0.483. The molecule has 0 unspecified atom stereocenters. The lowest BCUT2D eigenvalue weighted by atomic mass is 10.1. The summed E-state index contributed by atoms with van der Waals surface area (Å²) in [7, 11) is -3.69. The molecule has 0 aromatic heterocycles. The maximum absolute atomic E-state index is 12.1. The van der Waals surface area contributed by atoms with Crippen molar-refractivity contribution in [2.24, 2.45) is 0 Å². The Balaban J connectivity index is 2.10. The molecule has 2 rings (SSSR count). The van der Waals surface area contributed by atoms with E-state index < -0.39 is 16.1 Å². The number of hydrogen-bond donors (Lipinski definition) is 1. The topological polar surface area (TPSA) is 108 Å². The van der Waals surface area contributed by atoms with Crippen molar-refractivity contribution >= 4 is 33.8 Å². The first-order valence-electron chi connectivity index (χ1n) is 13.3. The Hall–Kier alpha value is -2.75. The molecule has 0 aliphatic heterocycles. The summed E-state index contributed by atoms with van der Waals surface area (Å²) in [6.07, 6.45) is 5.53. The lowest BCUT2D eigenvalue weighted by molar-refractivity contribution is -0.132. The Morgan fingerprint density at radius 3 is 2.31 bits per heavy atom. The van der Waals surface area contributed by atoms with E-state index in [1.807, 2.05) is 13.8 Å². The first-order valence-corrected chi connectivity index (χ1v) is 15.3. The van der Waals surface area contributed by atoms with Gasteiger partial charge >= 0.3 is 16.1 Å². The van der Waals surface area contributed by atoms with Gasteiger partial charge in [-0.05, 0) is 61.2 Å². The van der Waals surface area contributed by atoms with Crippen LogP contribution in [0, 0.1) is 0 Å². The highest BCUT2D eigenvalue weighted by Gasteiger charge is 2.15. The molecule has 0 aliphatic carbocycles. The van der Waals surface area contributed by atoms with E-state index in [0.29, 0.717) is 62.8 Å². The summed E-state index contributed by atoms with van der Waals surface area (Å²) in [5.74, 6) is 0.137. The van der Waals surface area contributed by atoms with Gasteiger partial charge in [0.25, 0.3) is 0 Å². The number of ether oxygens (including phenoxy) is 3. The minimum atomic E-state index is -3.69. The molecule has 0 bridgehead atoms. The SMILES string of the molecule is CCCCOc1cc(/C=C(/CCOCC)C(=O)O)ccc1OCCc1ccc(OS(=O)(=O)CCCC)c(Cl)c1. The van der Waals surface area contributed by atoms with Crippen molar-refractivity contribution in [3.05, 3.63) is 58.1 Å². The van der Waals surface area contributed by atoms with Crippen molar-refractivity contribution in [2.75, 3.05) is 32.2 Å². The molecule has 10 heteroatoms. The van der Waals surface area contributed by atoms with E-state index in [0.717, 1.165) is 24.8 Å². The molecular weight excluding hydrogens is 544 g/mol. The molecule has 2 aromatic rings. The van der Waals surface area contributed by atoms with Crippen molar-refractivity contribution in [3.8, 4) is 17.2 Å². The number of benzene rings is 2. The highest BCUT2D eigenvalue weighted by molar-refractivity contribution is 7.87. The number of halogens is 1. The van der Waals surface area contributed by atoms with Crippen LogP contribution < -0.4 is 13.7 Å². The second-order valence-electron chi connectivity index (χ2n) is 8.89. The Morgan fingerprint density at radius 1 is 0.923 bits per heavy atom. The number of unbranched alkanes of at least 4 members (excludes halogenated alkanes) is 2. The molecule has 0 saturated heterocycles. The third-order valence-corrected chi connectivity index (χ3v) is 7.19. The lowest BCUT2D eigenvalue weighted by Gasteiger charge is -2.14. The first kappa shape index (κ1) is 32.5. The Bertz CT molecular complexity index is 1190. The van der Waals surface area contributed by atoms with Crippen molar-refractivity contribution in [1.82, 2.24) is 0 Å². The largest absolute Gasteiger partial charge is 0.490 e. The van der Waals surface area contributed by atoms with E-state index in [-0.39, 0.29) is 22.1 Å². The normalized spacial score (nSPS) is 11.8. The molecule has 0 aliphatic rings. The van der Waals surface area contributed by atoms with E-state index in [4.69, 9.17) is 30.0 Å². The van der Waals surface area contributed by atoms with Gasteiger partial charge in [-0.15, -0.1) is 0 Å². The minimum Gasteiger partial charge on any atom is -0.490 e. The van der Waals surface area contributed by atoms with E-state index in [1.54, 1.807) is 42.5 Å². The van der Waals surface area contributed by atoms with E-state index >= 15 is 0 Å². The predicted molar refractivity (Wildman–Crippen MR) is 154 cm³/mol. The number of hydrogen-bond acceptors (Lipinski definition) is 7. The molecule has 0 atom stereocenters. The van der Waals surface area contributed by atoms with Crippen molar-refractivity contribution in [1.29, 1.82) is 0 Å². The summed E-state index contributed by atoms with van der Waals surface area (Å²) in [5.41, 5.74) is 1.80. The predicted octanol–water partition coefficient (Wildman–Crippen LogP) is 6.54. The fourth-order valence-electron chi connectivity index (χ4n) is 3.49. The highest BCUT2D eigenvalue weighted by atomic mass is 35.5. The molecule has 216 valence electrons. The Kier molecular flexibility index (Phi) is 14.2. The van der Waals surface area contributed by atoms with Gasteiger partial charge in [0.05, 0.1) is 30.6 Å². The van der Waals surface area contributed by atoms with Gasteiger partial charge in [-0.3, -0.25) is 0 Å². The van der Waals surface area contributed by atoms with Gasteiger partial charge in [0.1, 0.15) is 0 Å². The summed E-state index contributed by atoms with van der Waals surface area (Å²) in [4.78, 5) is 11.7. The van der Waals surface area contributed by atoms with Crippen LogP contribution in [0.3, 0.4) is 0 Å². The second-order valence-corrected chi connectivity index (χ2v) is 11.0. The summed E-state index contributed by atoms with van der Waals surface area (Å²) < 4.78 is 46.6. The van der Waals surface area contributed by atoms with Crippen LogP contribution in [0.5, 0.6) is 17.2 Å². The van der Waals surface area contributed by atoms with Gasteiger partial charge in [0, 0.05) is 25.0 Å². The summed E-state index contributed by atoms with van der Waals surface area (Å²) >= 11 is 6.28. The number of carbonyl (C=O) groups is 1. The molecule has 0 fully saturated rings. The average molecular weight is 583 g/mol. The zero-order chi connectivity index (χ0) is 28.7. The average Bonchev–Trinajstić information content (AvgIpc) is 2.89. The fourth-order valence-corrected chi connectivity index (χ4v) is 4.92. The standard InChI is InChI=1S/C29H39ClO8S/c1-4-7-15-36-28-21-23(19-24(29(31)32)14-16-35-6-3)10-12-27(28)37-17-13-22-9-11-26(25(30)20-22)38-39(33,34)18-8-5-2/h9-12,19-21H,4-8,13-18H2,1-3H3,(H,31,32)/b24-19-. The number of carboxylic acids is 1. The van der Waals surface area contributed by atoms with Crippen LogP contribution >= 0.6 is 11.6 Å². The van der Waals surface area contributed by atoms with Gasteiger partial charge in [0.15, 0.2) is 17.2 Å². The summed E-state index contributed by atoms with van der Waals surface area (Å²) in [5, 5.41) is 9.77. The van der Waals surface area contributed by atoms with Gasteiger partial charge < -0.3 is 23.5 Å². The molecular formula is C29H39ClO8S. The van der Waals surface area contributed by atoms with Crippen LogP contribution in [0.15, 0.2) is 42.0 Å². The summed E-state index contributed by atoms with van der Waals surface area (Å²) in [6, 6.07) is 10.3. The third-order valence-electron chi connectivity index (χ3n) is 5.67. The maximum atomic E-state index is 12.1. The molecule has 0 saturated carbocycles. The summed E-state index contributed by atoms with van der Waals surface area (Å²) in [6.45, 7) is 7.53. The van der Waals surface area contributed by atoms with Gasteiger partial charge in [-0.2, -0.15) is 8.42 Å². The molecule has 1 N–H and O–H groups in total. The van der Waals surface area contributed by atoms with Gasteiger partial charge in [-0.1, -0.05) is 50.4 Å². The van der Waals surface area contributed by atoms with Crippen LogP contribution in [0.1, 0.15) is 64.0 Å². The minimum absolute atomic E-state index is 0.0580. The quantitative estimate of drug-likeness (QED) is 0.113. The van der Waals surface area contributed by atoms with Crippen LogP contribution in [0.2, 0.25) is 5.02 Å². The Morgan fingerprint density at radius 2 is 1.64 bits per heavy atom. The smallest absolute Gasteiger partial charge is 0.331 e. The monoisotopic (exact) mass is 582 g/mol. The third kappa shape index (κ3) is 11.9. The van der Waals surface area contributed by atoms with Crippen LogP contribution in [-0.4, -0.2) is 51.7 Å². The van der Waals surface area contributed by atoms with E-state index in [9.17, 15) is 18.3 Å². The molecule has 0 heterocycles. The highest BCUT2D eigenvalue weighted by Crippen LogP contribution is 2.31. The molecule has 0 spiro atoms. The van der Waals surface area contributed by atoms with E-state index in [1.165, 1.54) is 0 Å².